The molecule has 0 fully saturated rings. The first kappa shape index (κ1) is 15.6. The topological polar surface area (TPSA) is 169 Å². The number of hydrogen-bond acceptors (Lipinski definition) is 8. The van der Waals surface area contributed by atoms with Crippen molar-refractivity contribution in [2.75, 3.05) is 18.1 Å². The third kappa shape index (κ3) is 4.05. The fourth-order valence-electron chi connectivity index (χ4n) is 1.08. The van der Waals surface area contributed by atoms with Crippen LogP contribution in [0.2, 0.25) is 0 Å². The second-order valence-electron chi connectivity index (χ2n) is 3.31. The highest BCUT2D eigenvalue weighted by atomic mass is 79.9. The smallest absolute Gasteiger partial charge is 0.413 e. The summed E-state index contributed by atoms with van der Waals surface area (Å²) in [6.45, 7) is 1.74. The first-order valence-electron chi connectivity index (χ1n) is 5.27. The highest BCUT2D eigenvalue weighted by Crippen LogP contribution is 2.17. The number of rotatable bonds is 2. The van der Waals surface area contributed by atoms with E-state index in [1.54, 1.807) is 6.92 Å². The summed E-state index contributed by atoms with van der Waals surface area (Å²) in [5, 5.41) is 11.4. The Balaban J connectivity index is 2.74. The summed E-state index contributed by atoms with van der Waals surface area (Å²) in [4.78, 5) is 30.3. The number of amides is 2. The lowest BCUT2D eigenvalue weighted by molar-refractivity contribution is 0.0971. The molecule has 0 spiro atoms. The Labute approximate surface area is 121 Å². The summed E-state index contributed by atoms with van der Waals surface area (Å²) in [7, 11) is 0. The van der Waals surface area contributed by atoms with Crippen LogP contribution in [0.3, 0.4) is 0 Å². The van der Waals surface area contributed by atoms with Gasteiger partial charge in [-0.1, -0.05) is 0 Å². The molecule has 11 heteroatoms. The van der Waals surface area contributed by atoms with Gasteiger partial charge in [-0.15, -0.1) is 0 Å². The molecule has 1 aromatic heterocycles. The van der Waals surface area contributed by atoms with Crippen LogP contribution >= 0.6 is 15.9 Å². The first-order chi connectivity index (χ1) is 9.35. The maximum absolute atomic E-state index is 11.8. The number of ether oxygens (including phenoxy) is 1. The molecule has 2 amide bonds. The van der Waals surface area contributed by atoms with Crippen molar-refractivity contribution in [2.45, 2.75) is 6.92 Å². The number of nitrogens with one attached hydrogen (secondary N) is 3. The molecule has 0 atom stereocenters. The fraction of sp³-hybridized carbons (Fsp3) is 0.222. The zero-order valence-electron chi connectivity index (χ0n) is 10.4. The number of alkyl carbamates (subject to hydrolysis) is 1. The van der Waals surface area contributed by atoms with Crippen molar-refractivity contribution in [3.63, 3.8) is 0 Å². The second kappa shape index (κ2) is 6.65. The molecular formula is C9H12BrN7O3. The van der Waals surface area contributed by atoms with E-state index in [1.807, 2.05) is 5.32 Å². The Hall–Kier alpha value is -2.43. The van der Waals surface area contributed by atoms with Gasteiger partial charge in [0, 0.05) is 0 Å². The molecule has 0 saturated heterocycles. The Bertz CT molecular complexity index is 563. The Morgan fingerprint density at radius 3 is 2.55 bits per heavy atom. The van der Waals surface area contributed by atoms with Crippen LogP contribution in [0.15, 0.2) is 4.60 Å². The van der Waals surface area contributed by atoms with Crippen LogP contribution in [0, 0.1) is 5.41 Å². The van der Waals surface area contributed by atoms with Gasteiger partial charge in [0.1, 0.15) is 4.60 Å². The van der Waals surface area contributed by atoms with Crippen LogP contribution in [-0.2, 0) is 4.74 Å². The van der Waals surface area contributed by atoms with E-state index in [1.165, 1.54) is 0 Å². The van der Waals surface area contributed by atoms with Gasteiger partial charge in [-0.3, -0.25) is 20.8 Å². The van der Waals surface area contributed by atoms with E-state index in [2.05, 4.69) is 36.0 Å². The average Bonchev–Trinajstić information content (AvgIpc) is 2.33. The van der Waals surface area contributed by atoms with Crippen molar-refractivity contribution in [2.24, 2.45) is 0 Å². The van der Waals surface area contributed by atoms with Gasteiger partial charge in [-0.2, -0.15) is 0 Å². The molecule has 0 aromatic carbocycles. The van der Waals surface area contributed by atoms with Crippen molar-refractivity contribution >= 4 is 45.5 Å². The largest absolute Gasteiger partial charge is 0.450 e. The summed E-state index contributed by atoms with van der Waals surface area (Å²) in [5.41, 5.74) is 10.7. The predicted molar refractivity (Wildman–Crippen MR) is 73.9 cm³/mol. The molecule has 0 aliphatic heterocycles. The maximum Gasteiger partial charge on any atom is 0.413 e. The molecule has 1 aromatic rings. The van der Waals surface area contributed by atoms with E-state index in [4.69, 9.17) is 16.9 Å². The van der Waals surface area contributed by atoms with E-state index in [9.17, 15) is 9.59 Å². The van der Waals surface area contributed by atoms with Crippen LogP contribution in [0.4, 0.5) is 16.4 Å². The van der Waals surface area contributed by atoms with Crippen molar-refractivity contribution in [3.8, 4) is 0 Å². The number of nitrogens with zero attached hydrogens (tertiary/aromatic N) is 2. The van der Waals surface area contributed by atoms with E-state index in [0.717, 1.165) is 0 Å². The van der Waals surface area contributed by atoms with Crippen molar-refractivity contribution < 1.29 is 14.3 Å². The molecule has 0 unspecified atom stereocenters. The molecule has 20 heavy (non-hydrogen) atoms. The minimum Gasteiger partial charge on any atom is -0.450 e. The lowest BCUT2D eigenvalue weighted by Crippen LogP contribution is -2.43. The van der Waals surface area contributed by atoms with Crippen molar-refractivity contribution in [3.05, 3.63) is 10.3 Å². The highest BCUT2D eigenvalue weighted by Gasteiger charge is 2.17. The molecule has 108 valence electrons. The molecule has 0 aliphatic carbocycles. The monoisotopic (exact) mass is 345 g/mol. The summed E-state index contributed by atoms with van der Waals surface area (Å²) in [6.07, 6.45) is -0.865. The van der Waals surface area contributed by atoms with E-state index in [-0.39, 0.29) is 28.5 Å². The number of halogens is 1. The fourth-order valence-corrected chi connectivity index (χ4v) is 1.35. The quantitative estimate of drug-likeness (QED) is 0.365. The Morgan fingerprint density at radius 2 is 1.95 bits per heavy atom. The van der Waals surface area contributed by atoms with Crippen LogP contribution in [0.1, 0.15) is 17.4 Å². The molecule has 1 heterocycles. The lowest BCUT2D eigenvalue weighted by atomic mass is 10.4. The van der Waals surface area contributed by atoms with E-state index < -0.39 is 18.0 Å². The Kier molecular flexibility index (Phi) is 5.20. The minimum atomic E-state index is -0.865. The van der Waals surface area contributed by atoms with Crippen LogP contribution in [0.5, 0.6) is 0 Å². The third-order valence-corrected chi connectivity index (χ3v) is 2.44. The van der Waals surface area contributed by atoms with Crippen LogP contribution in [0.25, 0.3) is 0 Å². The zero-order valence-corrected chi connectivity index (χ0v) is 11.9. The first-order valence-corrected chi connectivity index (χ1v) is 6.06. The van der Waals surface area contributed by atoms with Gasteiger partial charge in [0.05, 0.1) is 6.61 Å². The Morgan fingerprint density at radius 1 is 1.30 bits per heavy atom. The molecule has 0 saturated carbocycles. The molecule has 1 rings (SSSR count). The zero-order chi connectivity index (χ0) is 15.3. The van der Waals surface area contributed by atoms with Gasteiger partial charge in [0.15, 0.2) is 17.3 Å². The number of guanidine groups is 1. The van der Waals surface area contributed by atoms with Gasteiger partial charge in [-0.25, -0.2) is 14.8 Å². The van der Waals surface area contributed by atoms with Crippen molar-refractivity contribution in [1.82, 2.24) is 20.6 Å². The highest BCUT2D eigenvalue weighted by molar-refractivity contribution is 9.10. The maximum atomic E-state index is 11.8. The number of anilines is 2. The van der Waals surface area contributed by atoms with Crippen LogP contribution < -0.4 is 22.1 Å². The minimum absolute atomic E-state index is 0.0266. The molecule has 7 N–H and O–H groups in total. The van der Waals surface area contributed by atoms with E-state index in [0.29, 0.717) is 0 Å². The van der Waals surface area contributed by atoms with Gasteiger partial charge < -0.3 is 16.2 Å². The molecule has 0 aliphatic rings. The second-order valence-corrected chi connectivity index (χ2v) is 4.06. The normalized spacial score (nSPS) is 9.70. The molecule has 10 nitrogen and oxygen atoms in total. The average molecular weight is 346 g/mol. The standard InChI is InChI=1S/C9H12BrN7O3/c1-2-20-9(19)17-8(13)16-7(18)3-5(11)15-6(12)4(10)14-3/h2H2,1H3,(H4,11,12,15)(H3,13,16,17,18,19). The van der Waals surface area contributed by atoms with Gasteiger partial charge in [0.25, 0.3) is 5.91 Å². The molecule has 0 radical (unpaired) electrons. The summed E-state index contributed by atoms with van der Waals surface area (Å²) in [5.74, 6) is -1.58. The summed E-state index contributed by atoms with van der Waals surface area (Å²) >= 11 is 3.00. The summed E-state index contributed by atoms with van der Waals surface area (Å²) < 4.78 is 4.68. The number of carbonyl (C=O) groups excluding carboxylic acids is 2. The van der Waals surface area contributed by atoms with Gasteiger partial charge in [-0.05, 0) is 22.9 Å². The number of carbonyl (C=O) groups is 2. The number of aromatic nitrogens is 2. The SMILES string of the molecule is CCOC(=O)NC(=N)NC(=O)c1nc(Br)c(N)nc1N. The van der Waals surface area contributed by atoms with Gasteiger partial charge >= 0.3 is 6.09 Å². The van der Waals surface area contributed by atoms with Crippen molar-refractivity contribution in [1.29, 1.82) is 5.41 Å². The molecular weight excluding hydrogens is 334 g/mol. The third-order valence-electron chi connectivity index (χ3n) is 1.86. The predicted octanol–water partition coefficient (Wildman–Crippen LogP) is -0.186. The van der Waals surface area contributed by atoms with Gasteiger partial charge in [0.2, 0.25) is 5.96 Å². The lowest BCUT2D eigenvalue weighted by Gasteiger charge is -2.09. The molecule has 0 bridgehead atoms. The van der Waals surface area contributed by atoms with E-state index >= 15 is 0 Å². The number of nitrogen functional groups attached to an aromatic ring is 2. The number of hydrogen-bond donors (Lipinski definition) is 5. The number of nitrogens with two attached hydrogens (primary N) is 2. The van der Waals surface area contributed by atoms with Crippen LogP contribution in [-0.4, -0.2) is 34.5 Å². The summed E-state index contributed by atoms with van der Waals surface area (Å²) in [6, 6.07) is 0.